The molecule has 1 atom stereocenters. The van der Waals surface area contributed by atoms with E-state index in [2.05, 4.69) is 0 Å². The van der Waals surface area contributed by atoms with Crippen LogP contribution in [-0.2, 0) is 4.79 Å². The van der Waals surface area contributed by atoms with Crippen molar-refractivity contribution in [2.75, 3.05) is 0 Å². The summed E-state index contributed by atoms with van der Waals surface area (Å²) in [5, 5.41) is 8.19. The van der Waals surface area contributed by atoms with Crippen molar-refractivity contribution in [1.82, 2.24) is 0 Å². The molecule has 0 aliphatic carbocycles. The van der Waals surface area contributed by atoms with Crippen molar-refractivity contribution in [3.8, 4) is 0 Å². The minimum absolute atomic E-state index is 0.150. The number of allylic oxidation sites excluding steroid dienone is 1. The lowest BCUT2D eigenvalue weighted by atomic mass is 10.3. The molecule has 0 aromatic rings. The third-order valence-corrected chi connectivity index (χ3v) is 1.77. The van der Waals surface area contributed by atoms with Crippen LogP contribution < -0.4 is 0 Å². The zero-order valence-electron chi connectivity index (χ0n) is 5.95. The minimum atomic E-state index is -1.61. The number of carbonyl (C=O) groups is 1. The van der Waals surface area contributed by atoms with Crippen LogP contribution in [0, 0.1) is 0 Å². The molecule has 0 saturated carbocycles. The predicted molar refractivity (Wildman–Crippen MR) is 41.2 cm³/mol. The molecule has 0 fully saturated rings. The Morgan fingerprint density at radius 1 is 1.70 bits per heavy atom. The van der Waals surface area contributed by atoms with Gasteiger partial charge < -0.3 is 9.90 Å². The lowest BCUT2D eigenvalue weighted by Gasteiger charge is -1.89. The van der Waals surface area contributed by atoms with Gasteiger partial charge in [0.05, 0.1) is 0 Å². The second-order valence-corrected chi connectivity index (χ2v) is 3.97. The minimum Gasteiger partial charge on any atom is -0.481 e. The van der Waals surface area contributed by atoms with E-state index in [4.69, 9.17) is 9.90 Å². The van der Waals surface area contributed by atoms with Crippen molar-refractivity contribution in [2.24, 2.45) is 0 Å². The third kappa shape index (κ3) is 7.39. The van der Waals surface area contributed by atoms with E-state index >= 15 is 0 Å². The van der Waals surface area contributed by atoms with Crippen LogP contribution in [0.2, 0.25) is 6.55 Å². The molecule has 0 aromatic heterocycles. The van der Waals surface area contributed by atoms with Crippen LogP contribution in [0.25, 0.3) is 0 Å². The van der Waals surface area contributed by atoms with Gasteiger partial charge in [-0.15, -0.1) is 0 Å². The number of carboxylic acids is 1. The van der Waals surface area contributed by atoms with Crippen molar-refractivity contribution in [3.05, 3.63) is 11.8 Å². The zero-order valence-corrected chi connectivity index (χ0v) is 7.10. The highest BCUT2D eigenvalue weighted by Crippen LogP contribution is 1.90. The van der Waals surface area contributed by atoms with Gasteiger partial charge in [-0.2, -0.15) is 0 Å². The second-order valence-electron chi connectivity index (χ2n) is 2.10. The maximum absolute atomic E-state index is 9.96. The standard InChI is InChI=1S/C6H12O3Si/c1-10(9)5-3-2-4-6(7)8/h3,5,9-10H,2,4H2,1H3,(H,7,8)/b5-3+. The van der Waals surface area contributed by atoms with Crippen LogP contribution in [0.3, 0.4) is 0 Å². The fourth-order valence-corrected chi connectivity index (χ4v) is 1.09. The van der Waals surface area contributed by atoms with E-state index in [9.17, 15) is 4.79 Å². The first-order chi connectivity index (χ1) is 4.63. The smallest absolute Gasteiger partial charge is 0.303 e. The number of aliphatic carboxylic acids is 1. The Hall–Kier alpha value is -0.613. The molecule has 0 radical (unpaired) electrons. The van der Waals surface area contributed by atoms with Gasteiger partial charge in [0.1, 0.15) is 0 Å². The number of hydrogen-bond acceptors (Lipinski definition) is 2. The number of rotatable bonds is 4. The van der Waals surface area contributed by atoms with E-state index in [1.165, 1.54) is 0 Å². The molecule has 0 spiro atoms. The largest absolute Gasteiger partial charge is 0.481 e. The lowest BCUT2D eigenvalue weighted by Crippen LogP contribution is -1.99. The molecule has 0 rings (SSSR count). The van der Waals surface area contributed by atoms with E-state index in [0.29, 0.717) is 6.42 Å². The quantitative estimate of drug-likeness (QED) is 0.581. The van der Waals surface area contributed by atoms with Gasteiger partial charge in [-0.1, -0.05) is 11.8 Å². The van der Waals surface area contributed by atoms with Crippen LogP contribution in [0.1, 0.15) is 12.8 Å². The molecule has 58 valence electrons. The molecule has 0 aliphatic rings. The fraction of sp³-hybridized carbons (Fsp3) is 0.500. The van der Waals surface area contributed by atoms with Crippen LogP contribution in [0.5, 0.6) is 0 Å². The fourth-order valence-electron chi connectivity index (χ4n) is 0.500. The Bertz CT molecular complexity index is 131. The van der Waals surface area contributed by atoms with Crippen molar-refractivity contribution < 1.29 is 14.7 Å². The molecule has 0 amide bonds. The van der Waals surface area contributed by atoms with Crippen molar-refractivity contribution in [2.45, 2.75) is 19.4 Å². The van der Waals surface area contributed by atoms with E-state index in [-0.39, 0.29) is 6.42 Å². The summed E-state index contributed by atoms with van der Waals surface area (Å²) in [7, 11) is -1.61. The summed E-state index contributed by atoms with van der Waals surface area (Å²) in [6, 6.07) is 0. The van der Waals surface area contributed by atoms with E-state index in [1.807, 2.05) is 0 Å². The molecule has 0 aromatic carbocycles. The van der Waals surface area contributed by atoms with Crippen LogP contribution in [-0.4, -0.2) is 24.9 Å². The van der Waals surface area contributed by atoms with Crippen LogP contribution in [0.4, 0.5) is 0 Å². The highest BCUT2D eigenvalue weighted by atomic mass is 28.3. The average Bonchev–Trinajstić information content (AvgIpc) is 1.79. The van der Waals surface area contributed by atoms with Crippen molar-refractivity contribution in [3.63, 3.8) is 0 Å². The summed E-state index contributed by atoms with van der Waals surface area (Å²) in [6.45, 7) is 1.76. The first kappa shape index (κ1) is 9.39. The first-order valence-corrected chi connectivity index (χ1v) is 5.53. The van der Waals surface area contributed by atoms with Gasteiger partial charge in [0.2, 0.25) is 0 Å². The molecule has 0 bridgehead atoms. The predicted octanol–water partition coefficient (Wildman–Crippen LogP) is 0.292. The van der Waals surface area contributed by atoms with Gasteiger partial charge >= 0.3 is 5.97 Å². The SMILES string of the molecule is C[SiH](O)/C=C/CCC(=O)O. The molecule has 3 nitrogen and oxygen atoms in total. The molecule has 10 heavy (non-hydrogen) atoms. The summed E-state index contributed by atoms with van der Waals surface area (Å²) in [5.41, 5.74) is 1.71. The number of carboxylic acid groups (broad SMARTS) is 1. The second kappa shape index (κ2) is 5.19. The van der Waals surface area contributed by atoms with Crippen LogP contribution >= 0.6 is 0 Å². The Balaban J connectivity index is 3.27. The molecule has 0 aliphatic heterocycles. The normalized spacial score (nSPS) is 13.8. The van der Waals surface area contributed by atoms with Gasteiger partial charge in [-0.3, -0.25) is 4.79 Å². The van der Waals surface area contributed by atoms with Gasteiger partial charge in [0, 0.05) is 6.42 Å². The van der Waals surface area contributed by atoms with E-state index < -0.39 is 15.0 Å². The molecule has 1 unspecified atom stereocenters. The average molecular weight is 160 g/mol. The highest BCUT2D eigenvalue weighted by molar-refractivity contribution is 6.54. The van der Waals surface area contributed by atoms with Gasteiger partial charge in [-0.25, -0.2) is 0 Å². The summed E-state index contributed by atoms with van der Waals surface area (Å²) in [4.78, 5) is 18.8. The monoisotopic (exact) mass is 160 g/mol. The Morgan fingerprint density at radius 3 is 2.70 bits per heavy atom. The van der Waals surface area contributed by atoms with E-state index in [1.54, 1.807) is 18.3 Å². The highest BCUT2D eigenvalue weighted by Gasteiger charge is 1.93. The topological polar surface area (TPSA) is 57.5 Å². The van der Waals surface area contributed by atoms with Crippen molar-refractivity contribution in [1.29, 1.82) is 0 Å². The Kier molecular flexibility index (Phi) is 4.88. The maximum atomic E-state index is 9.96. The Labute approximate surface area is 61.7 Å². The summed E-state index contributed by atoms with van der Waals surface area (Å²) >= 11 is 0. The molecular formula is C6H12O3Si. The maximum Gasteiger partial charge on any atom is 0.303 e. The third-order valence-electron chi connectivity index (χ3n) is 0.939. The first-order valence-electron chi connectivity index (χ1n) is 3.19. The summed E-state index contributed by atoms with van der Waals surface area (Å²) < 4.78 is 0. The molecule has 2 N–H and O–H groups in total. The lowest BCUT2D eigenvalue weighted by molar-refractivity contribution is -0.136. The van der Waals surface area contributed by atoms with Gasteiger partial charge in [0.25, 0.3) is 0 Å². The van der Waals surface area contributed by atoms with Gasteiger partial charge in [0.15, 0.2) is 9.04 Å². The molecule has 0 heterocycles. The molecule has 4 heteroatoms. The molecule has 0 saturated heterocycles. The zero-order chi connectivity index (χ0) is 7.98. The van der Waals surface area contributed by atoms with Gasteiger partial charge in [-0.05, 0) is 13.0 Å². The summed E-state index contributed by atoms with van der Waals surface area (Å²) in [6.07, 6.45) is 2.40. The van der Waals surface area contributed by atoms with Crippen LogP contribution in [0.15, 0.2) is 11.8 Å². The summed E-state index contributed by atoms with van der Waals surface area (Å²) in [5.74, 6) is -0.795. The Morgan fingerprint density at radius 2 is 2.30 bits per heavy atom. The number of hydrogen-bond donors (Lipinski definition) is 2. The van der Waals surface area contributed by atoms with Crippen molar-refractivity contribution >= 4 is 15.0 Å². The van der Waals surface area contributed by atoms with E-state index in [0.717, 1.165) is 0 Å². The molecular weight excluding hydrogens is 148 g/mol.